The van der Waals surface area contributed by atoms with Crippen LogP contribution in [0.4, 0.5) is 4.39 Å². The van der Waals surface area contributed by atoms with Crippen molar-refractivity contribution in [2.24, 2.45) is 0 Å². The number of aliphatic hydroxyl groups excluding tert-OH is 1. The van der Waals surface area contributed by atoms with Crippen LogP contribution in [-0.4, -0.2) is 65.4 Å². The first-order valence-corrected chi connectivity index (χ1v) is 15.5. The lowest BCUT2D eigenvalue weighted by Gasteiger charge is -2.27. The second kappa shape index (κ2) is 19.0. The predicted octanol–water partition coefficient (Wildman–Crippen LogP) is 8.05. The minimum atomic E-state index is -0.596. The molecule has 2 heterocycles. The number of benzene rings is 1. The van der Waals surface area contributed by atoms with Gasteiger partial charge in [0.25, 0.3) is 0 Å². The molecule has 7 heteroatoms. The highest BCUT2D eigenvalue weighted by atomic mass is 32.1. The van der Waals surface area contributed by atoms with Gasteiger partial charge < -0.3 is 19.8 Å². The Labute approximate surface area is 256 Å². The van der Waals surface area contributed by atoms with Crippen LogP contribution in [0.1, 0.15) is 57.8 Å². The molecule has 5 nitrogen and oxygen atoms in total. The summed E-state index contributed by atoms with van der Waals surface area (Å²) in [6.07, 6.45) is 21.9. The third-order valence-corrected chi connectivity index (χ3v) is 8.21. The van der Waals surface area contributed by atoms with Crippen LogP contribution in [0, 0.1) is 12.8 Å². The number of likely N-dealkylation sites (tertiary alicyclic amines) is 1. The first-order chi connectivity index (χ1) is 20.3. The number of nitrogens with zero attached hydrogens (tertiary/aromatic N) is 2. The Morgan fingerprint density at radius 2 is 1.98 bits per heavy atom. The van der Waals surface area contributed by atoms with Crippen molar-refractivity contribution in [3.05, 3.63) is 83.4 Å². The smallest absolute Gasteiger partial charge is 0.150 e. The summed E-state index contributed by atoms with van der Waals surface area (Å²) in [6.45, 7) is 14.2. The number of halogens is 1. The molecule has 0 amide bonds. The van der Waals surface area contributed by atoms with Crippen LogP contribution >= 0.6 is 11.3 Å². The molecule has 0 bridgehead atoms. The number of hydrogen-bond donors (Lipinski definition) is 2. The third-order valence-electron chi connectivity index (χ3n) is 7.02. The Morgan fingerprint density at radius 1 is 1.24 bits per heavy atom. The summed E-state index contributed by atoms with van der Waals surface area (Å²) in [6, 6.07) is 7.50. The van der Waals surface area contributed by atoms with Crippen LogP contribution in [0.25, 0.3) is 15.7 Å². The first kappa shape index (κ1) is 34.9. The molecule has 1 atom stereocenters. The van der Waals surface area contributed by atoms with Crippen molar-refractivity contribution in [1.82, 2.24) is 9.80 Å². The largest absolute Gasteiger partial charge is 0.508 e. The van der Waals surface area contributed by atoms with E-state index >= 15 is 0 Å². The monoisotopic (exact) mass is 594 g/mol. The number of fused-ring (bicyclic) bond motifs is 1. The minimum absolute atomic E-state index is 0.249. The summed E-state index contributed by atoms with van der Waals surface area (Å²) in [4.78, 5) is 5.73. The lowest BCUT2D eigenvalue weighted by Crippen LogP contribution is -2.32. The lowest BCUT2D eigenvalue weighted by molar-refractivity contribution is 0.144. The fraction of sp³-hybridized carbons (Fsp3) is 0.429. The molecule has 2 N–H and O–H groups in total. The van der Waals surface area contributed by atoms with Crippen molar-refractivity contribution in [2.45, 2.75) is 59.0 Å². The number of phenols is 1. The van der Waals surface area contributed by atoms with E-state index in [1.807, 2.05) is 24.3 Å². The van der Waals surface area contributed by atoms with Crippen molar-refractivity contribution < 1.29 is 19.3 Å². The van der Waals surface area contributed by atoms with Crippen molar-refractivity contribution in [3.63, 3.8) is 0 Å². The fourth-order valence-corrected chi connectivity index (χ4v) is 6.03. The standard InChI is InChI=1S/C33H45FN2O3S.C2H2/c1-5-12-27(33-24-28-23-30(38)14-15-32(28)40-33)22-29(21-25(3)37)36(6-2)18-11-8-13-31(26(4)34)39-20-19-35-16-9-7-10-17-35;1-2/h5,8,12-15,21,23-25,37-38H,1,6-7,9-11,16-20,22H2,2-4H3;1-2H/b13-8-,27-12+,29-21+,31-26-;. The van der Waals surface area contributed by atoms with Crippen LogP contribution in [0.15, 0.2) is 78.5 Å². The number of piperidine rings is 1. The van der Waals surface area contributed by atoms with Crippen LogP contribution < -0.4 is 0 Å². The molecule has 42 heavy (non-hydrogen) atoms. The van der Waals surface area contributed by atoms with Crippen molar-refractivity contribution >= 4 is 27.0 Å². The zero-order valence-corrected chi connectivity index (χ0v) is 26.2. The Hall–Kier alpha value is -3.31. The average Bonchev–Trinajstić information content (AvgIpc) is 3.40. The van der Waals surface area contributed by atoms with Gasteiger partial charge in [0.2, 0.25) is 0 Å². The molecule has 3 rings (SSSR count). The summed E-state index contributed by atoms with van der Waals surface area (Å²) in [7, 11) is 0. The number of thiophene rings is 1. The van der Waals surface area contributed by atoms with E-state index in [9.17, 15) is 14.6 Å². The molecule has 2 aromatic rings. The molecule has 1 aliphatic rings. The van der Waals surface area contributed by atoms with Crippen molar-refractivity contribution in [2.75, 3.05) is 39.3 Å². The molecule has 1 aliphatic heterocycles. The summed E-state index contributed by atoms with van der Waals surface area (Å²) < 4.78 is 21.0. The molecule has 0 saturated carbocycles. The first-order valence-electron chi connectivity index (χ1n) is 14.7. The number of ether oxygens (including phenoxy) is 1. The molecule has 1 aromatic carbocycles. The Bertz CT molecular complexity index is 1260. The molecular weight excluding hydrogens is 547 g/mol. The van der Waals surface area contributed by atoms with Gasteiger partial charge in [0.15, 0.2) is 0 Å². The Balaban J connectivity index is 0.00000301. The van der Waals surface area contributed by atoms with E-state index in [1.165, 1.54) is 26.2 Å². The molecule has 228 valence electrons. The fourth-order valence-electron chi connectivity index (χ4n) is 4.96. The Kier molecular flexibility index (Phi) is 15.8. The second-order valence-corrected chi connectivity index (χ2v) is 11.3. The molecule has 1 aromatic heterocycles. The topological polar surface area (TPSA) is 56.2 Å². The summed E-state index contributed by atoms with van der Waals surface area (Å²) >= 11 is 1.67. The van der Waals surface area contributed by atoms with Gasteiger partial charge in [0.05, 0.1) is 6.10 Å². The van der Waals surface area contributed by atoms with Gasteiger partial charge >= 0.3 is 0 Å². The average molecular weight is 595 g/mol. The Morgan fingerprint density at radius 3 is 2.62 bits per heavy atom. The van der Waals surface area contributed by atoms with Gasteiger partial charge in [-0.1, -0.05) is 31.2 Å². The molecular formula is C35H47FN2O3S. The van der Waals surface area contributed by atoms with Gasteiger partial charge in [-0.15, -0.1) is 24.2 Å². The molecule has 0 radical (unpaired) electrons. The molecule has 1 unspecified atom stereocenters. The van der Waals surface area contributed by atoms with Crippen molar-refractivity contribution in [3.8, 4) is 18.6 Å². The molecule has 0 aliphatic carbocycles. The normalized spacial score (nSPS) is 16.1. The number of hydrogen-bond acceptors (Lipinski definition) is 6. The van der Waals surface area contributed by atoms with Gasteiger partial charge in [-0.3, -0.25) is 4.90 Å². The third kappa shape index (κ3) is 11.5. The van der Waals surface area contributed by atoms with E-state index in [0.717, 1.165) is 59.0 Å². The van der Waals surface area contributed by atoms with Crippen LogP contribution in [-0.2, 0) is 4.74 Å². The molecule has 1 fully saturated rings. The van der Waals surface area contributed by atoms with Gasteiger partial charge in [0.1, 0.15) is 23.9 Å². The SMILES string of the molecule is C#C.C=C/C=C(\C/C(=C\C(C)O)N(CC)CC/C=C\C(OCCN1CCCCC1)=C(/C)F)c1cc2cc(O)ccc2s1. The number of terminal acetylenes is 1. The van der Waals surface area contributed by atoms with E-state index in [4.69, 9.17) is 4.74 Å². The zero-order chi connectivity index (χ0) is 30.9. The van der Waals surface area contributed by atoms with Gasteiger partial charge in [-0.25, -0.2) is 4.39 Å². The van der Waals surface area contributed by atoms with E-state index in [0.29, 0.717) is 25.2 Å². The van der Waals surface area contributed by atoms with Crippen LogP contribution in [0.2, 0.25) is 0 Å². The number of aromatic hydroxyl groups is 1. The second-order valence-electron chi connectivity index (χ2n) is 10.3. The highest BCUT2D eigenvalue weighted by molar-refractivity contribution is 7.20. The van der Waals surface area contributed by atoms with E-state index in [-0.39, 0.29) is 11.6 Å². The number of allylic oxidation sites excluding steroid dienone is 5. The zero-order valence-electron chi connectivity index (χ0n) is 25.4. The quantitative estimate of drug-likeness (QED) is 0.124. The van der Waals surface area contributed by atoms with E-state index < -0.39 is 6.10 Å². The van der Waals surface area contributed by atoms with Gasteiger partial charge in [-0.2, -0.15) is 0 Å². The maximum atomic E-state index is 14.1. The maximum Gasteiger partial charge on any atom is 0.150 e. The summed E-state index contributed by atoms with van der Waals surface area (Å²) in [5.41, 5.74) is 2.12. The van der Waals surface area contributed by atoms with Gasteiger partial charge in [0, 0.05) is 41.3 Å². The number of aliphatic hydroxyl groups is 1. The molecule has 1 saturated heterocycles. The lowest BCUT2D eigenvalue weighted by atomic mass is 10.0. The maximum absolute atomic E-state index is 14.1. The van der Waals surface area contributed by atoms with E-state index in [1.54, 1.807) is 42.5 Å². The van der Waals surface area contributed by atoms with E-state index in [2.05, 4.69) is 42.2 Å². The highest BCUT2D eigenvalue weighted by Crippen LogP contribution is 2.35. The van der Waals surface area contributed by atoms with Crippen LogP contribution in [0.5, 0.6) is 5.75 Å². The number of rotatable bonds is 15. The predicted molar refractivity (Wildman–Crippen MR) is 177 cm³/mol. The summed E-state index contributed by atoms with van der Waals surface area (Å²) in [5, 5.41) is 21.1. The highest BCUT2D eigenvalue weighted by Gasteiger charge is 2.15. The molecule has 0 spiro atoms. The number of phenolic OH excluding ortho intramolecular Hbond substituents is 1. The minimum Gasteiger partial charge on any atom is -0.508 e. The van der Waals surface area contributed by atoms with Crippen LogP contribution in [0.3, 0.4) is 0 Å². The van der Waals surface area contributed by atoms with Crippen molar-refractivity contribution in [1.29, 1.82) is 0 Å². The summed E-state index contributed by atoms with van der Waals surface area (Å²) in [5.74, 6) is 0.235. The van der Waals surface area contributed by atoms with Gasteiger partial charge in [-0.05, 0) is 101 Å².